The molecule has 3 aromatic rings. The first kappa shape index (κ1) is 15.9. The van der Waals surface area contributed by atoms with Gasteiger partial charge < -0.3 is 4.74 Å². The Bertz CT molecular complexity index is 982. The Morgan fingerprint density at radius 2 is 2.12 bits per heavy atom. The lowest BCUT2D eigenvalue weighted by Crippen LogP contribution is -2.02. The fourth-order valence-electron chi connectivity index (χ4n) is 2.81. The molecule has 1 aromatic carbocycles. The number of ether oxygens (including phenoxy) is 1. The van der Waals surface area contributed by atoms with Crippen molar-refractivity contribution in [3.8, 4) is 16.8 Å². The molecular formula is C19H14ClN3OS. The first-order valence-corrected chi connectivity index (χ1v) is 9.07. The zero-order chi connectivity index (χ0) is 17.2. The molecule has 0 amide bonds. The summed E-state index contributed by atoms with van der Waals surface area (Å²) in [5.74, 6) is 0.609. The number of aromatic nitrogens is 2. The van der Waals surface area contributed by atoms with Crippen LogP contribution in [-0.4, -0.2) is 9.55 Å². The maximum atomic E-state index is 9.43. The molecule has 0 unspecified atom stereocenters. The smallest absolute Gasteiger partial charge is 0.150 e. The average molecular weight is 368 g/mol. The molecule has 0 bridgehead atoms. The fraction of sp³-hybridized carbons (Fsp3) is 0.158. The molecule has 0 saturated heterocycles. The van der Waals surface area contributed by atoms with Gasteiger partial charge in [0.25, 0.3) is 0 Å². The summed E-state index contributed by atoms with van der Waals surface area (Å²) in [5, 5.41) is 11.2. The minimum atomic E-state index is 0.437. The summed E-state index contributed by atoms with van der Waals surface area (Å²) in [6.07, 6.45) is 5.34. The summed E-state index contributed by atoms with van der Waals surface area (Å²) in [6.45, 7) is 0.437. The van der Waals surface area contributed by atoms with Crippen LogP contribution in [0.25, 0.3) is 11.1 Å². The van der Waals surface area contributed by atoms with E-state index in [0.717, 1.165) is 39.8 Å². The fourth-order valence-corrected chi connectivity index (χ4v) is 3.90. The van der Waals surface area contributed by atoms with Crippen LogP contribution in [0.3, 0.4) is 0 Å². The Kier molecular flexibility index (Phi) is 4.31. The second-order valence-electron chi connectivity index (χ2n) is 5.70. The Hall–Kier alpha value is -2.55. The number of fused-ring (bicyclic) bond motifs is 1. The first-order chi connectivity index (χ1) is 12.2. The van der Waals surface area contributed by atoms with Gasteiger partial charge in [-0.05, 0) is 24.5 Å². The van der Waals surface area contributed by atoms with Crippen LogP contribution in [-0.2, 0) is 13.0 Å². The van der Waals surface area contributed by atoms with Crippen LogP contribution < -0.4 is 4.74 Å². The number of imidazole rings is 1. The van der Waals surface area contributed by atoms with Gasteiger partial charge in [0.15, 0.2) is 5.75 Å². The molecule has 0 aliphatic heterocycles. The Labute approximate surface area is 154 Å². The number of benzene rings is 1. The van der Waals surface area contributed by atoms with E-state index >= 15 is 0 Å². The van der Waals surface area contributed by atoms with Crippen molar-refractivity contribution in [2.24, 2.45) is 0 Å². The third-order valence-corrected chi connectivity index (χ3v) is 5.37. The topological polar surface area (TPSA) is 50.8 Å². The van der Waals surface area contributed by atoms with Crippen molar-refractivity contribution in [2.45, 2.75) is 19.4 Å². The molecule has 1 aliphatic rings. The summed E-state index contributed by atoms with van der Waals surface area (Å²) in [6, 6.07) is 14.1. The lowest BCUT2D eigenvalue weighted by Gasteiger charge is -2.10. The van der Waals surface area contributed by atoms with Crippen LogP contribution >= 0.6 is 22.9 Å². The molecule has 4 rings (SSSR count). The monoisotopic (exact) mass is 367 g/mol. The van der Waals surface area contributed by atoms with E-state index in [9.17, 15) is 5.26 Å². The molecule has 0 spiro atoms. The lowest BCUT2D eigenvalue weighted by molar-refractivity contribution is 0.307. The third kappa shape index (κ3) is 3.19. The zero-order valence-corrected chi connectivity index (χ0v) is 14.8. The van der Waals surface area contributed by atoms with Crippen molar-refractivity contribution in [1.82, 2.24) is 9.55 Å². The molecule has 0 atom stereocenters. The van der Waals surface area contributed by atoms with Gasteiger partial charge in [-0.2, -0.15) is 5.26 Å². The molecule has 0 saturated carbocycles. The Morgan fingerprint density at radius 3 is 2.92 bits per heavy atom. The predicted octanol–water partition coefficient (Wildman–Crippen LogP) is 4.91. The Morgan fingerprint density at radius 1 is 1.28 bits per heavy atom. The highest BCUT2D eigenvalue weighted by atomic mass is 35.5. The van der Waals surface area contributed by atoms with E-state index in [-0.39, 0.29) is 0 Å². The minimum Gasteiger partial charge on any atom is -0.487 e. The van der Waals surface area contributed by atoms with Crippen molar-refractivity contribution in [1.29, 1.82) is 5.26 Å². The van der Waals surface area contributed by atoms with Crippen molar-refractivity contribution in [2.75, 3.05) is 0 Å². The van der Waals surface area contributed by atoms with Crippen molar-refractivity contribution in [3.63, 3.8) is 0 Å². The van der Waals surface area contributed by atoms with Crippen LogP contribution in [0.15, 0.2) is 47.8 Å². The molecule has 6 heteroatoms. The van der Waals surface area contributed by atoms with Gasteiger partial charge in [0, 0.05) is 11.1 Å². The van der Waals surface area contributed by atoms with E-state index in [1.165, 1.54) is 11.3 Å². The number of nitrogens with zero attached hydrogens (tertiary/aromatic N) is 3. The summed E-state index contributed by atoms with van der Waals surface area (Å²) in [7, 11) is 0. The molecule has 25 heavy (non-hydrogen) atoms. The van der Waals surface area contributed by atoms with Crippen molar-refractivity contribution in [3.05, 3.63) is 69.6 Å². The molecule has 0 radical (unpaired) electrons. The number of halogens is 1. The average Bonchev–Trinajstić information content (AvgIpc) is 3.23. The number of hydrogen-bond donors (Lipinski definition) is 0. The number of nitriles is 1. The predicted molar refractivity (Wildman–Crippen MR) is 99.1 cm³/mol. The molecular weight excluding hydrogens is 354 g/mol. The highest BCUT2D eigenvalue weighted by molar-refractivity contribution is 7.15. The van der Waals surface area contributed by atoms with Gasteiger partial charge in [-0.3, -0.25) is 4.57 Å². The van der Waals surface area contributed by atoms with Crippen LogP contribution in [0.1, 0.15) is 28.2 Å². The van der Waals surface area contributed by atoms with Crippen LogP contribution in [0.4, 0.5) is 0 Å². The van der Waals surface area contributed by atoms with E-state index < -0.39 is 0 Å². The van der Waals surface area contributed by atoms with Gasteiger partial charge in [-0.1, -0.05) is 41.9 Å². The maximum Gasteiger partial charge on any atom is 0.150 e. The van der Waals surface area contributed by atoms with Gasteiger partial charge >= 0.3 is 0 Å². The minimum absolute atomic E-state index is 0.437. The SMILES string of the molecule is N#Cc1sc(-n2cnc3c2CCC(Cl)=C3)cc1OCc1ccccc1. The number of allylic oxidation sites excluding steroid dienone is 1. The Balaban J connectivity index is 1.62. The highest BCUT2D eigenvalue weighted by Crippen LogP contribution is 2.35. The second-order valence-corrected chi connectivity index (χ2v) is 7.22. The van der Waals surface area contributed by atoms with E-state index in [0.29, 0.717) is 17.2 Å². The molecule has 0 N–H and O–H groups in total. The van der Waals surface area contributed by atoms with E-state index in [1.807, 2.05) is 47.0 Å². The summed E-state index contributed by atoms with van der Waals surface area (Å²) >= 11 is 7.51. The molecule has 1 aliphatic carbocycles. The molecule has 2 heterocycles. The first-order valence-electron chi connectivity index (χ1n) is 7.88. The quantitative estimate of drug-likeness (QED) is 0.658. The third-order valence-electron chi connectivity index (χ3n) is 4.05. The van der Waals surface area contributed by atoms with Crippen LogP contribution in [0.5, 0.6) is 5.75 Å². The van der Waals surface area contributed by atoms with E-state index in [1.54, 1.807) is 6.33 Å². The maximum absolute atomic E-state index is 9.43. The number of thiophene rings is 1. The van der Waals surface area contributed by atoms with Gasteiger partial charge in [0.1, 0.15) is 28.9 Å². The molecule has 124 valence electrons. The van der Waals surface area contributed by atoms with Gasteiger partial charge in [-0.15, -0.1) is 11.3 Å². The summed E-state index contributed by atoms with van der Waals surface area (Å²) < 4.78 is 7.90. The molecule has 2 aromatic heterocycles. The van der Waals surface area contributed by atoms with Crippen molar-refractivity contribution < 1.29 is 4.74 Å². The standard InChI is InChI=1S/C19H14ClN3OS/c20-14-6-7-16-15(8-14)22-12-23(16)19-9-17(18(10-21)25-19)24-11-13-4-2-1-3-5-13/h1-5,8-9,12H,6-7,11H2. The van der Waals surface area contributed by atoms with Crippen LogP contribution in [0, 0.1) is 11.3 Å². The van der Waals surface area contributed by atoms with Crippen molar-refractivity contribution >= 4 is 29.0 Å². The zero-order valence-electron chi connectivity index (χ0n) is 13.3. The second kappa shape index (κ2) is 6.75. The largest absolute Gasteiger partial charge is 0.487 e. The van der Waals surface area contributed by atoms with Gasteiger partial charge in [0.2, 0.25) is 0 Å². The number of hydrogen-bond acceptors (Lipinski definition) is 4. The highest BCUT2D eigenvalue weighted by Gasteiger charge is 2.19. The van der Waals surface area contributed by atoms with E-state index in [2.05, 4.69) is 11.1 Å². The normalized spacial score (nSPS) is 13.0. The summed E-state index contributed by atoms with van der Waals surface area (Å²) in [5.41, 5.74) is 3.08. The molecule has 4 nitrogen and oxygen atoms in total. The molecule has 0 fully saturated rings. The van der Waals surface area contributed by atoms with Gasteiger partial charge in [0.05, 0.1) is 11.4 Å². The summed E-state index contributed by atoms with van der Waals surface area (Å²) in [4.78, 5) is 4.99. The van der Waals surface area contributed by atoms with E-state index in [4.69, 9.17) is 16.3 Å². The lowest BCUT2D eigenvalue weighted by atomic mass is 10.1. The number of rotatable bonds is 4. The van der Waals surface area contributed by atoms with Gasteiger partial charge in [-0.25, -0.2) is 4.98 Å². The van der Waals surface area contributed by atoms with Crippen LogP contribution in [0.2, 0.25) is 0 Å².